The predicted octanol–water partition coefficient (Wildman–Crippen LogP) is 3.63. The fourth-order valence-corrected chi connectivity index (χ4v) is 3.51. The van der Waals surface area contributed by atoms with Crippen molar-refractivity contribution < 1.29 is 14.3 Å². The lowest BCUT2D eigenvalue weighted by atomic mass is 10.1. The van der Waals surface area contributed by atoms with Crippen LogP contribution < -0.4 is 4.74 Å². The first-order valence-electron chi connectivity index (χ1n) is 8.53. The minimum absolute atomic E-state index is 0.0756. The van der Waals surface area contributed by atoms with Gasteiger partial charge in [-0.1, -0.05) is 30.0 Å². The molecule has 0 aliphatic carbocycles. The van der Waals surface area contributed by atoms with Crippen LogP contribution in [0.1, 0.15) is 10.4 Å². The molecule has 0 N–H and O–H groups in total. The van der Waals surface area contributed by atoms with Gasteiger partial charge in [-0.3, -0.25) is 4.79 Å². The molecule has 0 amide bonds. The fraction of sp³-hybridized carbons (Fsp3) is 0.300. The molecule has 0 aromatic heterocycles. The third kappa shape index (κ3) is 5.09. The number of ketones is 1. The SMILES string of the molecule is COc1ccc(C(=O)CSC(=Nc2ccccc2)N2CCOCC2)cc1. The van der Waals surface area contributed by atoms with Gasteiger partial charge in [0.25, 0.3) is 0 Å². The van der Waals surface area contributed by atoms with E-state index in [1.165, 1.54) is 11.8 Å². The summed E-state index contributed by atoms with van der Waals surface area (Å²) in [6, 6.07) is 17.0. The van der Waals surface area contributed by atoms with Crippen molar-refractivity contribution in [3.8, 4) is 5.75 Å². The van der Waals surface area contributed by atoms with Crippen LogP contribution in [-0.4, -0.2) is 55.0 Å². The molecule has 1 aliphatic heterocycles. The Morgan fingerprint density at radius 2 is 1.81 bits per heavy atom. The summed E-state index contributed by atoms with van der Waals surface area (Å²) in [6.07, 6.45) is 0. The van der Waals surface area contributed by atoms with Gasteiger partial charge in [0.1, 0.15) is 5.75 Å². The number of ether oxygens (including phenoxy) is 2. The lowest BCUT2D eigenvalue weighted by Gasteiger charge is -2.29. The Morgan fingerprint density at radius 1 is 1.12 bits per heavy atom. The molecular weight excluding hydrogens is 348 g/mol. The minimum atomic E-state index is 0.0756. The summed E-state index contributed by atoms with van der Waals surface area (Å²) in [5, 5.41) is 0.862. The number of nitrogens with zero attached hydrogens (tertiary/aromatic N) is 2. The lowest BCUT2D eigenvalue weighted by Crippen LogP contribution is -2.39. The van der Waals surface area contributed by atoms with Gasteiger partial charge in [0, 0.05) is 18.7 Å². The first-order chi connectivity index (χ1) is 12.8. The van der Waals surface area contributed by atoms with Gasteiger partial charge in [0.2, 0.25) is 0 Å². The smallest absolute Gasteiger partial charge is 0.173 e. The molecule has 0 radical (unpaired) electrons. The van der Waals surface area contributed by atoms with Crippen LogP contribution >= 0.6 is 11.8 Å². The molecule has 1 fully saturated rings. The Morgan fingerprint density at radius 3 is 2.46 bits per heavy atom. The maximum atomic E-state index is 12.5. The van der Waals surface area contributed by atoms with Gasteiger partial charge in [-0.05, 0) is 36.4 Å². The Bertz CT molecular complexity index is 741. The van der Waals surface area contributed by atoms with E-state index in [4.69, 9.17) is 14.5 Å². The zero-order valence-electron chi connectivity index (χ0n) is 14.8. The van der Waals surface area contributed by atoms with E-state index in [0.717, 1.165) is 29.7 Å². The average molecular weight is 370 g/mol. The summed E-state index contributed by atoms with van der Waals surface area (Å²) in [5.74, 6) is 1.16. The summed E-state index contributed by atoms with van der Waals surface area (Å²) < 4.78 is 10.6. The van der Waals surface area contributed by atoms with E-state index in [9.17, 15) is 4.79 Å². The number of morpholine rings is 1. The van der Waals surface area contributed by atoms with Gasteiger partial charge in [0.15, 0.2) is 11.0 Å². The van der Waals surface area contributed by atoms with Crippen LogP contribution in [0.2, 0.25) is 0 Å². The molecule has 2 aromatic rings. The van der Waals surface area contributed by atoms with Crippen molar-refractivity contribution in [2.45, 2.75) is 0 Å². The molecule has 3 rings (SSSR count). The van der Waals surface area contributed by atoms with Crippen LogP contribution in [0, 0.1) is 0 Å². The van der Waals surface area contributed by atoms with Crippen LogP contribution in [-0.2, 0) is 4.74 Å². The van der Waals surface area contributed by atoms with Crippen molar-refractivity contribution in [3.05, 3.63) is 60.2 Å². The number of hydrogen-bond acceptors (Lipinski definition) is 5. The molecular formula is C20H22N2O3S. The van der Waals surface area contributed by atoms with E-state index in [1.807, 2.05) is 30.3 Å². The van der Waals surface area contributed by atoms with E-state index >= 15 is 0 Å². The monoisotopic (exact) mass is 370 g/mol. The van der Waals surface area contributed by atoms with Crippen LogP contribution in [0.25, 0.3) is 0 Å². The average Bonchev–Trinajstić information content (AvgIpc) is 2.72. The maximum absolute atomic E-state index is 12.5. The Hall–Kier alpha value is -2.31. The van der Waals surface area contributed by atoms with Crippen molar-refractivity contribution in [2.24, 2.45) is 4.99 Å². The number of benzene rings is 2. The number of Topliss-reactive ketones (excluding diaryl/α,β-unsaturated/α-hetero) is 1. The van der Waals surface area contributed by atoms with Crippen molar-refractivity contribution >= 4 is 28.4 Å². The third-order valence-corrected chi connectivity index (χ3v) is 5.02. The normalized spacial score (nSPS) is 15.0. The highest BCUT2D eigenvalue weighted by Crippen LogP contribution is 2.20. The number of amidine groups is 1. The second-order valence-electron chi connectivity index (χ2n) is 5.77. The minimum Gasteiger partial charge on any atom is -0.497 e. The van der Waals surface area contributed by atoms with Crippen LogP contribution in [0.4, 0.5) is 5.69 Å². The van der Waals surface area contributed by atoms with Crippen LogP contribution in [0.3, 0.4) is 0 Å². The molecule has 136 valence electrons. The molecule has 0 saturated carbocycles. The van der Waals surface area contributed by atoms with Crippen molar-refractivity contribution in [2.75, 3.05) is 39.2 Å². The van der Waals surface area contributed by atoms with Gasteiger partial charge in [-0.25, -0.2) is 4.99 Å². The first-order valence-corrected chi connectivity index (χ1v) is 9.51. The largest absolute Gasteiger partial charge is 0.497 e. The Balaban J connectivity index is 1.70. The summed E-state index contributed by atoms with van der Waals surface area (Å²) in [6.45, 7) is 2.94. The number of aliphatic imine (C=N–C) groups is 1. The van der Waals surface area contributed by atoms with E-state index in [1.54, 1.807) is 31.4 Å². The molecule has 5 nitrogen and oxygen atoms in total. The van der Waals surface area contributed by atoms with Gasteiger partial charge in [-0.15, -0.1) is 0 Å². The predicted molar refractivity (Wildman–Crippen MR) is 106 cm³/mol. The summed E-state index contributed by atoms with van der Waals surface area (Å²) in [5.41, 5.74) is 1.57. The number of hydrogen-bond donors (Lipinski definition) is 0. The molecule has 26 heavy (non-hydrogen) atoms. The lowest BCUT2D eigenvalue weighted by molar-refractivity contribution is 0.0694. The molecule has 0 atom stereocenters. The summed E-state index contributed by atoms with van der Waals surface area (Å²) >= 11 is 1.48. The molecule has 0 unspecified atom stereocenters. The van der Waals surface area contributed by atoms with E-state index in [-0.39, 0.29) is 5.78 Å². The Kier molecular flexibility index (Phi) is 6.68. The number of rotatable bonds is 5. The number of para-hydroxylation sites is 1. The number of methoxy groups -OCH3 is 1. The van der Waals surface area contributed by atoms with Gasteiger partial charge in [-0.2, -0.15) is 0 Å². The van der Waals surface area contributed by atoms with E-state index < -0.39 is 0 Å². The van der Waals surface area contributed by atoms with Gasteiger partial charge < -0.3 is 14.4 Å². The second kappa shape index (κ2) is 9.40. The number of carbonyl (C=O) groups excluding carboxylic acids is 1. The number of thioether (sulfide) groups is 1. The van der Waals surface area contributed by atoms with Crippen molar-refractivity contribution in [1.82, 2.24) is 4.90 Å². The molecule has 6 heteroatoms. The highest BCUT2D eigenvalue weighted by atomic mass is 32.2. The first kappa shape index (κ1) is 18.5. The van der Waals surface area contributed by atoms with Crippen LogP contribution in [0.15, 0.2) is 59.6 Å². The zero-order chi connectivity index (χ0) is 18.2. The Labute approximate surface area is 158 Å². The zero-order valence-corrected chi connectivity index (χ0v) is 15.6. The van der Waals surface area contributed by atoms with E-state index in [0.29, 0.717) is 24.5 Å². The highest BCUT2D eigenvalue weighted by molar-refractivity contribution is 8.14. The highest BCUT2D eigenvalue weighted by Gasteiger charge is 2.18. The van der Waals surface area contributed by atoms with Gasteiger partial charge in [0.05, 0.1) is 31.8 Å². The number of carbonyl (C=O) groups is 1. The van der Waals surface area contributed by atoms with Crippen molar-refractivity contribution in [1.29, 1.82) is 0 Å². The quantitative estimate of drug-likeness (QED) is 0.457. The molecule has 1 heterocycles. The molecule has 0 spiro atoms. The standard InChI is InChI=1S/C20H22N2O3S/c1-24-18-9-7-16(8-10-18)19(23)15-26-20(22-11-13-25-14-12-22)21-17-5-3-2-4-6-17/h2-10H,11-15H2,1H3. The fourth-order valence-electron chi connectivity index (χ4n) is 2.55. The van der Waals surface area contributed by atoms with E-state index in [2.05, 4.69) is 4.90 Å². The topological polar surface area (TPSA) is 51.1 Å². The third-order valence-electron chi connectivity index (χ3n) is 4.01. The maximum Gasteiger partial charge on any atom is 0.173 e. The summed E-state index contributed by atoms with van der Waals surface area (Å²) in [4.78, 5) is 19.5. The van der Waals surface area contributed by atoms with Crippen molar-refractivity contribution in [3.63, 3.8) is 0 Å². The second-order valence-corrected chi connectivity index (χ2v) is 6.71. The molecule has 0 bridgehead atoms. The molecule has 2 aromatic carbocycles. The molecule has 1 saturated heterocycles. The summed E-state index contributed by atoms with van der Waals surface area (Å²) in [7, 11) is 1.61. The van der Waals surface area contributed by atoms with Gasteiger partial charge >= 0.3 is 0 Å². The molecule has 1 aliphatic rings. The van der Waals surface area contributed by atoms with Crippen LogP contribution in [0.5, 0.6) is 5.75 Å².